The molecule has 120 valence electrons. The molecule has 0 amide bonds. The second-order valence-electron chi connectivity index (χ2n) is 5.24. The number of nitrogens with zero attached hydrogens (tertiary/aromatic N) is 4. The lowest BCUT2D eigenvalue weighted by atomic mass is 10.2. The normalized spacial score (nSPS) is 11.0. The van der Waals surface area contributed by atoms with Crippen LogP contribution < -0.4 is 5.32 Å². The number of rotatable bonds is 5. The van der Waals surface area contributed by atoms with Gasteiger partial charge in [-0.05, 0) is 11.6 Å². The molecule has 0 atom stereocenters. The summed E-state index contributed by atoms with van der Waals surface area (Å²) in [5.41, 5.74) is 3.40. The number of imidazole rings is 2. The maximum atomic E-state index is 5.92. The first kappa shape index (κ1) is 14.6. The number of hydrogen-bond acceptors (Lipinski definition) is 5. The molecule has 3 aromatic heterocycles. The maximum absolute atomic E-state index is 5.92. The van der Waals surface area contributed by atoms with Crippen LogP contribution >= 0.6 is 11.6 Å². The zero-order chi connectivity index (χ0) is 16.4. The number of nitrogens with one attached hydrogen (secondary N) is 3. The molecule has 0 saturated heterocycles. The monoisotopic (exact) mass is 339 g/mol. The van der Waals surface area contributed by atoms with Gasteiger partial charge in [0, 0.05) is 30.4 Å². The van der Waals surface area contributed by atoms with Crippen LogP contribution in [0.4, 0.5) is 5.82 Å². The van der Waals surface area contributed by atoms with Crippen molar-refractivity contribution >= 4 is 28.6 Å². The molecule has 8 heteroatoms. The fourth-order valence-corrected chi connectivity index (χ4v) is 2.64. The summed E-state index contributed by atoms with van der Waals surface area (Å²) in [7, 11) is 0. The molecule has 3 N–H and O–H groups in total. The van der Waals surface area contributed by atoms with Crippen molar-refractivity contribution < 1.29 is 0 Å². The van der Waals surface area contributed by atoms with Gasteiger partial charge in [0.2, 0.25) is 5.28 Å². The zero-order valence-corrected chi connectivity index (χ0v) is 13.4. The molecule has 3 heterocycles. The highest BCUT2D eigenvalue weighted by Crippen LogP contribution is 2.19. The van der Waals surface area contributed by atoms with Crippen LogP contribution in [0.15, 0.2) is 42.9 Å². The number of aromatic amines is 2. The maximum Gasteiger partial charge on any atom is 0.226 e. The van der Waals surface area contributed by atoms with Crippen LogP contribution in [0, 0.1) is 0 Å². The van der Waals surface area contributed by atoms with Crippen LogP contribution in [0.1, 0.15) is 5.69 Å². The van der Waals surface area contributed by atoms with E-state index < -0.39 is 0 Å². The van der Waals surface area contributed by atoms with E-state index in [1.807, 2.05) is 36.5 Å². The second-order valence-corrected chi connectivity index (χ2v) is 5.58. The first-order valence-corrected chi connectivity index (χ1v) is 7.87. The summed E-state index contributed by atoms with van der Waals surface area (Å²) in [6.07, 6.45) is 4.20. The van der Waals surface area contributed by atoms with Crippen molar-refractivity contribution in [3.63, 3.8) is 0 Å². The zero-order valence-electron chi connectivity index (χ0n) is 12.6. The molecule has 0 saturated carbocycles. The predicted molar refractivity (Wildman–Crippen MR) is 92.9 cm³/mol. The van der Waals surface area contributed by atoms with Crippen LogP contribution in [0.3, 0.4) is 0 Å². The summed E-state index contributed by atoms with van der Waals surface area (Å²) < 4.78 is 0. The van der Waals surface area contributed by atoms with Crippen molar-refractivity contribution in [3.05, 3.63) is 53.8 Å². The number of H-pyrrole nitrogens is 2. The van der Waals surface area contributed by atoms with Crippen LogP contribution in [0.25, 0.3) is 22.6 Å². The Morgan fingerprint density at radius 3 is 2.83 bits per heavy atom. The third-order valence-corrected chi connectivity index (χ3v) is 3.79. The number of aromatic nitrogens is 6. The van der Waals surface area contributed by atoms with Crippen molar-refractivity contribution in [1.82, 2.24) is 29.9 Å². The molecule has 1 aromatic carbocycles. The van der Waals surface area contributed by atoms with Crippen LogP contribution in [-0.4, -0.2) is 36.4 Å². The van der Waals surface area contributed by atoms with Gasteiger partial charge in [-0.3, -0.25) is 0 Å². The Balaban J connectivity index is 1.44. The SMILES string of the molecule is Clc1nc(NCCc2cnc(-c3ccccc3)[nH]2)c2[nH]cnc2n1. The van der Waals surface area contributed by atoms with Gasteiger partial charge in [-0.1, -0.05) is 30.3 Å². The number of fused-ring (bicyclic) bond motifs is 1. The Hall–Kier alpha value is -2.93. The molecule has 0 aliphatic carbocycles. The minimum Gasteiger partial charge on any atom is -0.368 e. The number of halogens is 1. The predicted octanol–water partition coefficient (Wildman–Crippen LogP) is 3.05. The fraction of sp³-hybridized carbons (Fsp3) is 0.125. The molecule has 4 aromatic rings. The van der Waals surface area contributed by atoms with Crippen LogP contribution in [0.2, 0.25) is 5.28 Å². The second kappa shape index (κ2) is 6.29. The van der Waals surface area contributed by atoms with E-state index in [0.717, 1.165) is 29.0 Å². The van der Waals surface area contributed by atoms with E-state index in [0.29, 0.717) is 18.0 Å². The Morgan fingerprint density at radius 2 is 1.96 bits per heavy atom. The van der Waals surface area contributed by atoms with Crippen molar-refractivity contribution in [2.45, 2.75) is 6.42 Å². The van der Waals surface area contributed by atoms with Crippen molar-refractivity contribution in [2.75, 3.05) is 11.9 Å². The molecule has 0 radical (unpaired) electrons. The van der Waals surface area contributed by atoms with Crippen LogP contribution in [0.5, 0.6) is 0 Å². The van der Waals surface area contributed by atoms with Gasteiger partial charge in [0.15, 0.2) is 11.5 Å². The van der Waals surface area contributed by atoms with E-state index in [2.05, 4.69) is 35.2 Å². The highest BCUT2D eigenvalue weighted by molar-refractivity contribution is 6.28. The van der Waals surface area contributed by atoms with Gasteiger partial charge in [-0.25, -0.2) is 9.97 Å². The summed E-state index contributed by atoms with van der Waals surface area (Å²) in [4.78, 5) is 23.1. The topological polar surface area (TPSA) is 95.2 Å². The van der Waals surface area contributed by atoms with E-state index >= 15 is 0 Å². The van der Waals surface area contributed by atoms with Gasteiger partial charge < -0.3 is 15.3 Å². The number of benzene rings is 1. The summed E-state index contributed by atoms with van der Waals surface area (Å²) >= 11 is 5.92. The lowest BCUT2D eigenvalue weighted by Gasteiger charge is -2.05. The van der Waals surface area contributed by atoms with Crippen molar-refractivity contribution in [1.29, 1.82) is 0 Å². The Kier molecular flexibility index (Phi) is 3.84. The highest BCUT2D eigenvalue weighted by Gasteiger charge is 2.09. The standard InChI is InChI=1S/C16H14ClN7/c17-16-23-14(12-15(24-16)21-9-20-12)18-7-6-11-8-19-13(22-11)10-4-2-1-3-5-10/h1-5,8-9H,6-7H2,(H,19,22)(H2,18,20,21,23,24). The minimum atomic E-state index is 0.171. The van der Waals surface area contributed by atoms with E-state index in [4.69, 9.17) is 11.6 Å². The molecule has 0 spiro atoms. The molecule has 24 heavy (non-hydrogen) atoms. The van der Waals surface area contributed by atoms with Gasteiger partial charge in [0.1, 0.15) is 11.3 Å². The van der Waals surface area contributed by atoms with Gasteiger partial charge in [0.25, 0.3) is 0 Å². The highest BCUT2D eigenvalue weighted by atomic mass is 35.5. The average Bonchev–Trinajstić information content (AvgIpc) is 3.25. The summed E-state index contributed by atoms with van der Waals surface area (Å²) in [6, 6.07) is 10.0. The molecular weight excluding hydrogens is 326 g/mol. The molecule has 0 fully saturated rings. The van der Waals surface area contributed by atoms with Gasteiger partial charge >= 0.3 is 0 Å². The van der Waals surface area contributed by atoms with E-state index in [9.17, 15) is 0 Å². The van der Waals surface area contributed by atoms with Crippen molar-refractivity contribution in [2.24, 2.45) is 0 Å². The Bertz CT molecular complexity index is 961. The van der Waals surface area contributed by atoms with Crippen LogP contribution in [-0.2, 0) is 6.42 Å². The van der Waals surface area contributed by atoms with E-state index in [-0.39, 0.29) is 5.28 Å². The third-order valence-electron chi connectivity index (χ3n) is 3.62. The lowest BCUT2D eigenvalue weighted by Crippen LogP contribution is -2.07. The summed E-state index contributed by atoms with van der Waals surface area (Å²) in [6.45, 7) is 0.678. The number of anilines is 1. The minimum absolute atomic E-state index is 0.171. The first-order valence-electron chi connectivity index (χ1n) is 7.49. The molecule has 0 unspecified atom stereocenters. The average molecular weight is 340 g/mol. The Morgan fingerprint density at radius 1 is 1.08 bits per heavy atom. The van der Waals surface area contributed by atoms with E-state index in [1.54, 1.807) is 6.33 Å². The third kappa shape index (κ3) is 2.93. The smallest absolute Gasteiger partial charge is 0.226 e. The molecule has 0 aliphatic heterocycles. The molecular formula is C16H14ClN7. The summed E-state index contributed by atoms with van der Waals surface area (Å²) in [5.74, 6) is 1.51. The van der Waals surface area contributed by atoms with Gasteiger partial charge in [-0.2, -0.15) is 9.97 Å². The molecule has 0 aliphatic rings. The Labute approximate surface area is 142 Å². The summed E-state index contributed by atoms with van der Waals surface area (Å²) in [5, 5.41) is 3.43. The van der Waals surface area contributed by atoms with E-state index in [1.165, 1.54) is 0 Å². The van der Waals surface area contributed by atoms with Gasteiger partial charge in [0.05, 0.1) is 6.33 Å². The fourth-order valence-electron chi connectivity index (χ4n) is 2.48. The van der Waals surface area contributed by atoms with Crippen molar-refractivity contribution in [3.8, 4) is 11.4 Å². The largest absolute Gasteiger partial charge is 0.368 e. The van der Waals surface area contributed by atoms with Gasteiger partial charge in [-0.15, -0.1) is 0 Å². The number of hydrogen-bond donors (Lipinski definition) is 3. The molecule has 0 bridgehead atoms. The lowest BCUT2D eigenvalue weighted by molar-refractivity contribution is 0.968. The first-order chi connectivity index (χ1) is 11.8. The molecule has 7 nitrogen and oxygen atoms in total. The molecule has 4 rings (SSSR count). The quantitative estimate of drug-likeness (QED) is 0.486.